The summed E-state index contributed by atoms with van der Waals surface area (Å²) in [4.78, 5) is 10.2. The van der Waals surface area contributed by atoms with Crippen molar-refractivity contribution in [3.63, 3.8) is 0 Å². The summed E-state index contributed by atoms with van der Waals surface area (Å²) in [5.41, 5.74) is 0. The summed E-state index contributed by atoms with van der Waals surface area (Å²) in [6, 6.07) is 2.71. The van der Waals surface area contributed by atoms with Crippen molar-refractivity contribution in [3.05, 3.63) is 11.4 Å². The summed E-state index contributed by atoms with van der Waals surface area (Å²) in [5.74, 6) is 2.55. The number of nitrogens with zero attached hydrogens (tertiary/aromatic N) is 2. The Morgan fingerprint density at radius 2 is 2.26 bits per heavy atom. The zero-order valence-corrected chi connectivity index (χ0v) is 12.3. The predicted molar refractivity (Wildman–Crippen MR) is 82.0 cm³/mol. The summed E-state index contributed by atoms with van der Waals surface area (Å²) in [6.45, 7) is 5.31. The van der Waals surface area contributed by atoms with Crippen LogP contribution in [0.4, 0.5) is 11.8 Å². The first kappa shape index (κ1) is 12.7. The van der Waals surface area contributed by atoms with E-state index in [1.807, 2.05) is 0 Å². The molecule has 1 aliphatic rings. The lowest BCUT2D eigenvalue weighted by atomic mass is 10.3. The molecule has 1 fully saturated rings. The van der Waals surface area contributed by atoms with Gasteiger partial charge >= 0.3 is 0 Å². The Morgan fingerprint density at radius 3 is 3.00 bits per heavy atom. The van der Waals surface area contributed by atoms with Gasteiger partial charge in [-0.2, -0.15) is 4.98 Å². The normalized spacial score (nSPS) is 21.6. The van der Waals surface area contributed by atoms with Crippen LogP contribution in [0.15, 0.2) is 11.4 Å². The van der Waals surface area contributed by atoms with Crippen molar-refractivity contribution in [1.29, 1.82) is 0 Å². The molecule has 2 unspecified atom stereocenters. The second-order valence-electron chi connectivity index (χ2n) is 5.12. The Hall–Kier alpha value is -1.36. The van der Waals surface area contributed by atoms with Crippen LogP contribution in [0.2, 0.25) is 0 Å². The maximum absolute atomic E-state index is 4.63. The number of hydrogen-bond acceptors (Lipinski definition) is 5. The average Bonchev–Trinajstić information content (AvgIpc) is 3.00. The van der Waals surface area contributed by atoms with Crippen molar-refractivity contribution in [3.8, 4) is 0 Å². The largest absolute Gasteiger partial charge is 0.366 e. The fourth-order valence-electron chi connectivity index (χ4n) is 2.33. The Labute approximate surface area is 117 Å². The average molecular weight is 276 g/mol. The van der Waals surface area contributed by atoms with Gasteiger partial charge in [0.2, 0.25) is 5.95 Å². The smallest absolute Gasteiger partial charge is 0.226 e. The SMILES string of the molecule is CCCNc1nc(NC2CC2CC)c2ccsc2n1. The van der Waals surface area contributed by atoms with Crippen LogP contribution in [0.5, 0.6) is 0 Å². The van der Waals surface area contributed by atoms with E-state index in [1.165, 1.54) is 12.8 Å². The molecule has 1 saturated carbocycles. The third-order valence-electron chi connectivity index (χ3n) is 3.63. The van der Waals surface area contributed by atoms with E-state index >= 15 is 0 Å². The minimum atomic E-state index is 0.599. The molecule has 0 saturated heterocycles. The highest BCUT2D eigenvalue weighted by Gasteiger charge is 2.35. The van der Waals surface area contributed by atoms with Crippen LogP contribution in [0.1, 0.15) is 33.1 Å². The minimum Gasteiger partial charge on any atom is -0.366 e. The molecule has 0 aromatic carbocycles. The molecule has 0 bridgehead atoms. The molecule has 0 aliphatic heterocycles. The predicted octanol–water partition coefficient (Wildman–Crippen LogP) is 3.72. The van der Waals surface area contributed by atoms with E-state index in [4.69, 9.17) is 0 Å². The number of hydrogen-bond donors (Lipinski definition) is 2. The maximum Gasteiger partial charge on any atom is 0.226 e. The van der Waals surface area contributed by atoms with Gasteiger partial charge < -0.3 is 10.6 Å². The molecule has 2 heterocycles. The van der Waals surface area contributed by atoms with Crippen LogP contribution in [0.25, 0.3) is 10.2 Å². The molecule has 2 aromatic heterocycles. The van der Waals surface area contributed by atoms with Crippen molar-refractivity contribution < 1.29 is 0 Å². The van der Waals surface area contributed by atoms with E-state index < -0.39 is 0 Å². The number of nitrogens with one attached hydrogen (secondary N) is 2. The molecule has 4 nitrogen and oxygen atoms in total. The zero-order valence-electron chi connectivity index (χ0n) is 11.4. The number of anilines is 2. The van der Waals surface area contributed by atoms with Crippen molar-refractivity contribution in [2.75, 3.05) is 17.2 Å². The Kier molecular flexibility index (Phi) is 3.55. The third-order valence-corrected chi connectivity index (χ3v) is 4.43. The Morgan fingerprint density at radius 1 is 1.37 bits per heavy atom. The van der Waals surface area contributed by atoms with Crippen molar-refractivity contribution in [2.24, 2.45) is 5.92 Å². The van der Waals surface area contributed by atoms with Gasteiger partial charge in [-0.05, 0) is 30.2 Å². The van der Waals surface area contributed by atoms with Crippen LogP contribution >= 0.6 is 11.3 Å². The summed E-state index contributed by atoms with van der Waals surface area (Å²) < 4.78 is 0. The highest BCUT2D eigenvalue weighted by molar-refractivity contribution is 7.16. The van der Waals surface area contributed by atoms with Gasteiger partial charge in [-0.3, -0.25) is 0 Å². The van der Waals surface area contributed by atoms with Gasteiger partial charge in [0, 0.05) is 12.6 Å². The molecule has 2 atom stereocenters. The lowest BCUT2D eigenvalue weighted by Gasteiger charge is -2.09. The fraction of sp³-hybridized carbons (Fsp3) is 0.571. The lowest BCUT2D eigenvalue weighted by molar-refractivity contribution is 0.773. The van der Waals surface area contributed by atoms with Crippen LogP contribution in [0.3, 0.4) is 0 Å². The second kappa shape index (κ2) is 5.33. The Balaban J connectivity index is 1.85. The molecule has 19 heavy (non-hydrogen) atoms. The van der Waals surface area contributed by atoms with Crippen molar-refractivity contribution in [2.45, 2.75) is 39.2 Å². The minimum absolute atomic E-state index is 0.599. The van der Waals surface area contributed by atoms with Crippen molar-refractivity contribution >= 4 is 33.3 Å². The van der Waals surface area contributed by atoms with Crippen LogP contribution in [-0.4, -0.2) is 22.6 Å². The fourth-order valence-corrected chi connectivity index (χ4v) is 3.10. The highest BCUT2D eigenvalue weighted by Crippen LogP contribution is 2.37. The van der Waals surface area contributed by atoms with Gasteiger partial charge in [-0.15, -0.1) is 11.3 Å². The van der Waals surface area contributed by atoms with E-state index in [0.717, 1.165) is 40.9 Å². The first-order chi connectivity index (χ1) is 9.31. The molecule has 1 aliphatic carbocycles. The maximum atomic E-state index is 4.63. The Bertz CT molecular complexity index is 566. The third kappa shape index (κ3) is 2.66. The van der Waals surface area contributed by atoms with Gasteiger partial charge in [0.15, 0.2) is 0 Å². The number of aromatic nitrogens is 2. The van der Waals surface area contributed by atoms with Crippen LogP contribution in [-0.2, 0) is 0 Å². The summed E-state index contributed by atoms with van der Waals surface area (Å²) >= 11 is 1.67. The van der Waals surface area contributed by atoms with Gasteiger partial charge in [0.1, 0.15) is 10.6 Å². The second-order valence-corrected chi connectivity index (χ2v) is 6.01. The molecule has 3 rings (SSSR count). The molecule has 2 N–H and O–H groups in total. The summed E-state index contributed by atoms with van der Waals surface area (Å²) in [6.07, 6.45) is 3.59. The molecular weight excluding hydrogens is 256 g/mol. The molecule has 0 radical (unpaired) electrons. The summed E-state index contributed by atoms with van der Waals surface area (Å²) in [5, 5.41) is 10.1. The monoisotopic (exact) mass is 276 g/mol. The zero-order chi connectivity index (χ0) is 13.2. The molecule has 2 aromatic rings. The topological polar surface area (TPSA) is 49.8 Å². The number of fused-ring (bicyclic) bond motifs is 1. The highest BCUT2D eigenvalue weighted by atomic mass is 32.1. The lowest BCUT2D eigenvalue weighted by Crippen LogP contribution is -2.10. The van der Waals surface area contributed by atoms with E-state index in [2.05, 4.69) is 45.9 Å². The first-order valence-electron chi connectivity index (χ1n) is 7.07. The molecule has 5 heteroatoms. The molecular formula is C14H20N4S. The standard InChI is InChI=1S/C14H20N4S/c1-3-6-15-14-17-12(16-11-8-9(11)4-2)10-5-7-19-13(10)18-14/h5,7,9,11H,3-4,6,8H2,1-2H3,(H2,15,16,17,18). The van der Waals surface area contributed by atoms with E-state index in [0.29, 0.717) is 6.04 Å². The van der Waals surface area contributed by atoms with Crippen molar-refractivity contribution in [1.82, 2.24) is 9.97 Å². The molecule has 0 spiro atoms. The van der Waals surface area contributed by atoms with Gasteiger partial charge in [-0.1, -0.05) is 20.3 Å². The van der Waals surface area contributed by atoms with Crippen LogP contribution < -0.4 is 10.6 Å². The van der Waals surface area contributed by atoms with E-state index in [1.54, 1.807) is 11.3 Å². The van der Waals surface area contributed by atoms with Crippen LogP contribution in [0, 0.1) is 5.92 Å². The molecule has 102 valence electrons. The number of rotatable bonds is 6. The van der Waals surface area contributed by atoms with E-state index in [-0.39, 0.29) is 0 Å². The first-order valence-corrected chi connectivity index (χ1v) is 7.95. The van der Waals surface area contributed by atoms with Gasteiger partial charge in [0.05, 0.1) is 5.39 Å². The van der Waals surface area contributed by atoms with Gasteiger partial charge in [-0.25, -0.2) is 4.98 Å². The molecule has 0 amide bonds. The quantitative estimate of drug-likeness (QED) is 0.844. The summed E-state index contributed by atoms with van der Waals surface area (Å²) in [7, 11) is 0. The number of thiophene rings is 1. The van der Waals surface area contributed by atoms with E-state index in [9.17, 15) is 0 Å². The van der Waals surface area contributed by atoms with Gasteiger partial charge in [0.25, 0.3) is 0 Å².